The molecule has 0 unspecified atom stereocenters. The highest BCUT2D eigenvalue weighted by molar-refractivity contribution is 5.93. The number of aryl methyl sites for hydroxylation is 1. The molecular formula is C27H32N6O6. The largest absolute Gasteiger partial charge is 0.481 e. The van der Waals surface area contributed by atoms with Crippen molar-refractivity contribution in [3.05, 3.63) is 71.4 Å². The van der Waals surface area contributed by atoms with Gasteiger partial charge in [-0.25, -0.2) is 9.59 Å². The molecule has 2 atom stereocenters. The van der Waals surface area contributed by atoms with Crippen LogP contribution in [0.25, 0.3) is 10.9 Å². The first-order valence-corrected chi connectivity index (χ1v) is 12.4. The third-order valence-corrected chi connectivity index (χ3v) is 6.10. The molecule has 0 spiro atoms. The quantitative estimate of drug-likeness (QED) is 0.0704. The maximum absolute atomic E-state index is 12.8. The number of rotatable bonds is 14. The third kappa shape index (κ3) is 8.88. The van der Waals surface area contributed by atoms with E-state index >= 15 is 0 Å². The Morgan fingerprint density at radius 1 is 0.974 bits per heavy atom. The van der Waals surface area contributed by atoms with Gasteiger partial charge in [-0.3, -0.25) is 9.59 Å². The Bertz CT molecular complexity index is 1320. The summed E-state index contributed by atoms with van der Waals surface area (Å²) in [6.45, 7) is 0.309. The summed E-state index contributed by atoms with van der Waals surface area (Å²) in [5, 5.41) is 30.5. The molecule has 12 heteroatoms. The molecule has 3 amide bonds. The van der Waals surface area contributed by atoms with Crippen molar-refractivity contribution in [1.82, 2.24) is 20.9 Å². The zero-order valence-corrected chi connectivity index (χ0v) is 21.2. The summed E-state index contributed by atoms with van der Waals surface area (Å²) in [4.78, 5) is 51.4. The number of aliphatic carboxylic acids is 2. The Hall–Kier alpha value is -4.87. The van der Waals surface area contributed by atoms with Crippen molar-refractivity contribution < 1.29 is 29.4 Å². The SMILES string of the molecule is NN=Cc1ccc(CCCCNC(=O)N[C@@H](CC(=O)O)C(=O)N[C@@H](Cc2c[nH]c3ccccc23)C(=O)O)cc1. The van der Waals surface area contributed by atoms with Gasteiger partial charge in [-0.05, 0) is 42.0 Å². The number of benzene rings is 2. The molecule has 39 heavy (non-hydrogen) atoms. The number of aromatic amines is 1. The van der Waals surface area contributed by atoms with Gasteiger partial charge in [-0.15, -0.1) is 0 Å². The Labute approximate surface area is 224 Å². The minimum Gasteiger partial charge on any atom is -0.481 e. The van der Waals surface area contributed by atoms with E-state index in [1.54, 1.807) is 12.4 Å². The number of fused-ring (bicyclic) bond motifs is 1. The van der Waals surface area contributed by atoms with Crippen LogP contribution in [0.3, 0.4) is 0 Å². The molecule has 0 bridgehead atoms. The first-order chi connectivity index (χ1) is 18.8. The van der Waals surface area contributed by atoms with E-state index in [-0.39, 0.29) is 6.42 Å². The number of carboxylic acid groups (broad SMARTS) is 2. The van der Waals surface area contributed by atoms with Gasteiger partial charge in [0.15, 0.2) is 0 Å². The first-order valence-electron chi connectivity index (χ1n) is 12.4. The minimum atomic E-state index is -1.46. The molecule has 0 radical (unpaired) electrons. The van der Waals surface area contributed by atoms with Crippen molar-refractivity contribution >= 4 is 41.0 Å². The standard InChI is InChI=1S/C27H32N6O6/c28-31-15-18-10-8-17(9-11-18)5-3-4-12-29-27(39)33-22(14-24(34)35)25(36)32-23(26(37)38)13-19-16-30-21-7-2-1-6-20(19)21/h1-2,6-11,15-16,22-23,30H,3-5,12-14,28H2,(H,32,36)(H,34,35)(H,37,38)(H2,29,33,39)/t22-,23-/m0/s1. The summed E-state index contributed by atoms with van der Waals surface area (Å²) >= 11 is 0. The number of nitrogens with zero attached hydrogens (tertiary/aromatic N) is 1. The van der Waals surface area contributed by atoms with Gasteiger partial charge in [0.25, 0.3) is 0 Å². The average Bonchev–Trinajstić information content (AvgIpc) is 3.31. The van der Waals surface area contributed by atoms with E-state index < -0.39 is 42.4 Å². The summed E-state index contributed by atoms with van der Waals surface area (Å²) in [7, 11) is 0. The van der Waals surface area contributed by atoms with Gasteiger partial charge in [0.2, 0.25) is 5.91 Å². The van der Waals surface area contributed by atoms with Crippen LogP contribution in [0, 0.1) is 0 Å². The molecule has 206 valence electrons. The number of carbonyl (C=O) groups is 4. The van der Waals surface area contributed by atoms with Crippen LogP contribution in [0.15, 0.2) is 59.8 Å². The lowest BCUT2D eigenvalue weighted by molar-refractivity contribution is -0.142. The van der Waals surface area contributed by atoms with E-state index in [2.05, 4.69) is 26.0 Å². The topological polar surface area (TPSA) is 199 Å². The molecule has 1 aromatic heterocycles. The second kappa shape index (κ2) is 14.2. The number of aromatic nitrogens is 1. The lowest BCUT2D eigenvalue weighted by Crippen LogP contribution is -2.54. The molecule has 0 aliphatic heterocycles. The van der Waals surface area contributed by atoms with Crippen molar-refractivity contribution in [3.8, 4) is 0 Å². The highest BCUT2D eigenvalue weighted by Gasteiger charge is 2.29. The maximum Gasteiger partial charge on any atom is 0.326 e. The van der Waals surface area contributed by atoms with E-state index in [0.717, 1.165) is 34.9 Å². The van der Waals surface area contributed by atoms with E-state index in [1.165, 1.54) is 0 Å². The molecule has 2 aromatic carbocycles. The number of H-pyrrole nitrogens is 1. The predicted molar refractivity (Wildman–Crippen MR) is 145 cm³/mol. The second-order valence-corrected chi connectivity index (χ2v) is 8.99. The number of carboxylic acids is 2. The molecule has 0 aliphatic rings. The van der Waals surface area contributed by atoms with Crippen molar-refractivity contribution in [2.24, 2.45) is 10.9 Å². The van der Waals surface area contributed by atoms with Gasteiger partial charge in [0.1, 0.15) is 12.1 Å². The number of urea groups is 1. The van der Waals surface area contributed by atoms with E-state index in [1.807, 2.05) is 48.5 Å². The van der Waals surface area contributed by atoms with Crippen molar-refractivity contribution in [3.63, 3.8) is 0 Å². The van der Waals surface area contributed by atoms with Gasteiger partial charge < -0.3 is 37.0 Å². The normalized spacial score (nSPS) is 12.6. The van der Waals surface area contributed by atoms with Crippen LogP contribution in [0.5, 0.6) is 0 Å². The van der Waals surface area contributed by atoms with Crippen molar-refractivity contribution in [2.45, 2.75) is 44.2 Å². The molecule has 3 rings (SSSR count). The minimum absolute atomic E-state index is 0.0274. The van der Waals surface area contributed by atoms with Gasteiger partial charge in [-0.1, -0.05) is 42.5 Å². The second-order valence-electron chi connectivity index (χ2n) is 8.99. The number of nitrogens with two attached hydrogens (primary N) is 1. The molecule has 0 aliphatic carbocycles. The number of amides is 3. The summed E-state index contributed by atoms with van der Waals surface area (Å²) in [6.07, 6.45) is 4.72. The molecular weight excluding hydrogens is 504 g/mol. The molecule has 12 nitrogen and oxygen atoms in total. The molecule has 0 saturated heterocycles. The molecule has 8 N–H and O–H groups in total. The Balaban J connectivity index is 1.49. The highest BCUT2D eigenvalue weighted by atomic mass is 16.4. The van der Waals surface area contributed by atoms with Crippen LogP contribution in [-0.2, 0) is 27.2 Å². The van der Waals surface area contributed by atoms with Crippen LogP contribution >= 0.6 is 0 Å². The van der Waals surface area contributed by atoms with Crippen molar-refractivity contribution in [1.29, 1.82) is 0 Å². The fourth-order valence-electron chi connectivity index (χ4n) is 4.10. The van der Waals surface area contributed by atoms with E-state index in [0.29, 0.717) is 18.5 Å². The number of hydrazone groups is 1. The Morgan fingerprint density at radius 3 is 2.41 bits per heavy atom. The number of unbranched alkanes of at least 4 members (excludes halogenated alkanes) is 1. The summed E-state index contributed by atoms with van der Waals surface area (Å²) in [6, 6.07) is 11.6. The molecule has 0 saturated carbocycles. The number of hydrogen-bond acceptors (Lipinski definition) is 6. The van der Waals surface area contributed by atoms with Crippen LogP contribution < -0.4 is 21.8 Å². The molecule has 0 fully saturated rings. The summed E-state index contributed by atoms with van der Waals surface area (Å²) < 4.78 is 0. The Morgan fingerprint density at radius 2 is 1.72 bits per heavy atom. The fraction of sp³-hybridized carbons (Fsp3) is 0.296. The van der Waals surface area contributed by atoms with Crippen LogP contribution in [0.1, 0.15) is 36.0 Å². The predicted octanol–water partition coefficient (Wildman–Crippen LogP) is 1.74. The van der Waals surface area contributed by atoms with Gasteiger partial charge in [0, 0.05) is 30.1 Å². The number of hydrogen-bond donors (Lipinski definition) is 7. The Kier molecular flexibility index (Phi) is 10.4. The van der Waals surface area contributed by atoms with Gasteiger partial charge >= 0.3 is 18.0 Å². The zero-order valence-electron chi connectivity index (χ0n) is 21.2. The van der Waals surface area contributed by atoms with Crippen LogP contribution in [-0.4, -0.2) is 63.9 Å². The summed E-state index contributed by atoms with van der Waals surface area (Å²) in [5.41, 5.74) is 3.51. The summed E-state index contributed by atoms with van der Waals surface area (Å²) in [5.74, 6) is 1.63. The monoisotopic (exact) mass is 536 g/mol. The van der Waals surface area contributed by atoms with Gasteiger partial charge in [0.05, 0.1) is 12.6 Å². The van der Waals surface area contributed by atoms with Gasteiger partial charge in [-0.2, -0.15) is 5.10 Å². The number of nitrogens with one attached hydrogen (secondary N) is 4. The molecule has 1 heterocycles. The number of para-hydroxylation sites is 1. The van der Waals surface area contributed by atoms with E-state index in [4.69, 9.17) is 5.84 Å². The lowest BCUT2D eigenvalue weighted by Gasteiger charge is -2.20. The van der Waals surface area contributed by atoms with Crippen LogP contribution in [0.2, 0.25) is 0 Å². The first kappa shape index (κ1) is 28.7. The van der Waals surface area contributed by atoms with E-state index in [9.17, 15) is 29.4 Å². The maximum atomic E-state index is 12.8. The fourth-order valence-corrected chi connectivity index (χ4v) is 4.10. The lowest BCUT2D eigenvalue weighted by atomic mass is 10.0. The number of carbonyl (C=O) groups excluding carboxylic acids is 2. The zero-order chi connectivity index (χ0) is 28.2. The van der Waals surface area contributed by atoms with Crippen molar-refractivity contribution in [2.75, 3.05) is 6.54 Å². The highest BCUT2D eigenvalue weighted by Crippen LogP contribution is 2.19. The third-order valence-electron chi connectivity index (χ3n) is 6.10. The van der Waals surface area contributed by atoms with Crippen LogP contribution in [0.4, 0.5) is 4.79 Å². The average molecular weight is 537 g/mol. The smallest absolute Gasteiger partial charge is 0.326 e. The molecule has 3 aromatic rings.